The van der Waals surface area contributed by atoms with Crippen LogP contribution in [0.4, 0.5) is 5.69 Å². The maximum atomic E-state index is 12.8. The Bertz CT molecular complexity index is 1480. The summed E-state index contributed by atoms with van der Waals surface area (Å²) in [6, 6.07) is 18.6. The van der Waals surface area contributed by atoms with E-state index in [0.29, 0.717) is 17.9 Å². The highest BCUT2D eigenvalue weighted by atomic mass is 16.2. The summed E-state index contributed by atoms with van der Waals surface area (Å²) in [5.41, 5.74) is 7.97. The second-order valence-electron chi connectivity index (χ2n) is 8.57. The van der Waals surface area contributed by atoms with Gasteiger partial charge < -0.3 is 5.32 Å². The molecule has 0 aliphatic rings. The van der Waals surface area contributed by atoms with Gasteiger partial charge in [-0.05, 0) is 49.1 Å². The van der Waals surface area contributed by atoms with Gasteiger partial charge in [-0.15, -0.1) is 0 Å². The summed E-state index contributed by atoms with van der Waals surface area (Å²) in [5, 5.41) is 12.9. The van der Waals surface area contributed by atoms with Gasteiger partial charge in [-0.1, -0.05) is 54.1 Å². The molecule has 0 bridgehead atoms. The Morgan fingerprint density at radius 2 is 1.79 bits per heavy atom. The molecule has 0 atom stereocenters. The molecule has 0 radical (unpaired) electrons. The molecule has 34 heavy (non-hydrogen) atoms. The summed E-state index contributed by atoms with van der Waals surface area (Å²) in [6.07, 6.45) is 5.27. The fraction of sp³-hybridized carbons (Fsp3) is 0.185. The van der Waals surface area contributed by atoms with Gasteiger partial charge in [-0.2, -0.15) is 10.2 Å². The fourth-order valence-corrected chi connectivity index (χ4v) is 4.18. The number of aryl methyl sites for hydroxylation is 3. The van der Waals surface area contributed by atoms with Crippen molar-refractivity contribution in [2.75, 3.05) is 5.32 Å². The zero-order valence-electron chi connectivity index (χ0n) is 19.5. The molecule has 0 saturated heterocycles. The van der Waals surface area contributed by atoms with E-state index >= 15 is 0 Å². The Hall–Kier alpha value is -4.26. The van der Waals surface area contributed by atoms with Crippen LogP contribution in [0, 0.1) is 20.8 Å². The number of rotatable bonds is 6. The van der Waals surface area contributed by atoms with E-state index in [1.807, 2.05) is 36.0 Å². The Kier molecular flexibility index (Phi) is 5.67. The molecule has 0 aliphatic carbocycles. The van der Waals surface area contributed by atoms with Crippen molar-refractivity contribution in [1.82, 2.24) is 24.5 Å². The van der Waals surface area contributed by atoms with Crippen molar-refractivity contribution in [3.8, 4) is 11.1 Å². The van der Waals surface area contributed by atoms with Crippen LogP contribution in [-0.4, -0.2) is 30.5 Å². The maximum Gasteiger partial charge on any atom is 0.246 e. The van der Waals surface area contributed by atoms with Crippen molar-refractivity contribution >= 4 is 22.6 Å². The van der Waals surface area contributed by atoms with Crippen molar-refractivity contribution in [1.29, 1.82) is 0 Å². The highest BCUT2D eigenvalue weighted by molar-refractivity contribution is 5.96. The van der Waals surface area contributed by atoms with E-state index in [2.05, 4.69) is 70.7 Å². The number of carbonyl (C=O) groups excluding carboxylic acids is 1. The van der Waals surface area contributed by atoms with Gasteiger partial charge in [0, 0.05) is 17.8 Å². The second-order valence-corrected chi connectivity index (χ2v) is 8.57. The van der Waals surface area contributed by atoms with E-state index in [0.717, 1.165) is 22.2 Å². The highest BCUT2D eigenvalue weighted by Crippen LogP contribution is 2.30. The first-order valence-corrected chi connectivity index (χ1v) is 11.2. The van der Waals surface area contributed by atoms with Crippen LogP contribution in [0.1, 0.15) is 22.4 Å². The number of pyridine rings is 1. The summed E-state index contributed by atoms with van der Waals surface area (Å²) in [4.78, 5) is 17.3. The average Bonchev–Trinajstić information content (AvgIpc) is 3.39. The fourth-order valence-electron chi connectivity index (χ4n) is 4.18. The normalized spacial score (nSPS) is 11.1. The van der Waals surface area contributed by atoms with Crippen LogP contribution in [0.2, 0.25) is 0 Å². The molecule has 7 heteroatoms. The number of nitrogens with one attached hydrogen (secondary N) is 1. The van der Waals surface area contributed by atoms with Gasteiger partial charge in [-0.3, -0.25) is 9.48 Å². The lowest BCUT2D eigenvalue weighted by Crippen LogP contribution is -2.19. The molecule has 3 heterocycles. The monoisotopic (exact) mass is 450 g/mol. The van der Waals surface area contributed by atoms with Gasteiger partial charge in [0.25, 0.3) is 0 Å². The summed E-state index contributed by atoms with van der Waals surface area (Å²) in [6.45, 7) is 6.82. The lowest BCUT2D eigenvalue weighted by Gasteiger charge is -2.06. The molecule has 5 rings (SSSR count). The molecule has 170 valence electrons. The van der Waals surface area contributed by atoms with E-state index in [9.17, 15) is 4.79 Å². The zero-order valence-corrected chi connectivity index (χ0v) is 19.5. The lowest BCUT2D eigenvalue weighted by molar-refractivity contribution is -0.116. The lowest BCUT2D eigenvalue weighted by atomic mass is 10.0. The molecule has 0 spiro atoms. The average molecular weight is 451 g/mol. The van der Waals surface area contributed by atoms with Crippen molar-refractivity contribution in [2.24, 2.45) is 0 Å². The Balaban J connectivity index is 1.34. The van der Waals surface area contributed by atoms with E-state index in [4.69, 9.17) is 0 Å². The third kappa shape index (κ3) is 4.32. The third-order valence-electron chi connectivity index (χ3n) is 5.97. The third-order valence-corrected chi connectivity index (χ3v) is 5.97. The van der Waals surface area contributed by atoms with Gasteiger partial charge in [0.05, 0.1) is 24.1 Å². The largest absolute Gasteiger partial charge is 0.322 e. The molecule has 2 aromatic carbocycles. The summed E-state index contributed by atoms with van der Waals surface area (Å²) in [5.74, 6) is -0.178. The molecule has 0 saturated carbocycles. The van der Waals surface area contributed by atoms with Crippen LogP contribution in [-0.2, 0) is 17.9 Å². The minimum Gasteiger partial charge on any atom is -0.322 e. The molecule has 3 aromatic heterocycles. The number of hydrogen-bond acceptors (Lipinski definition) is 4. The van der Waals surface area contributed by atoms with Gasteiger partial charge in [0.1, 0.15) is 6.54 Å². The predicted octanol–water partition coefficient (Wildman–Crippen LogP) is 4.91. The number of nitrogens with zero attached hydrogens (tertiary/aromatic N) is 5. The van der Waals surface area contributed by atoms with Crippen LogP contribution in [0.5, 0.6) is 0 Å². The van der Waals surface area contributed by atoms with Gasteiger partial charge >= 0.3 is 0 Å². The number of hydrogen-bond donors (Lipinski definition) is 1. The molecule has 7 nitrogen and oxygen atoms in total. The number of anilines is 1. The second kappa shape index (κ2) is 8.94. The van der Waals surface area contributed by atoms with Crippen molar-refractivity contribution in [3.05, 3.63) is 95.6 Å². The molecule has 0 unspecified atom stereocenters. The number of carbonyl (C=O) groups is 1. The number of amides is 1. The van der Waals surface area contributed by atoms with E-state index in [1.165, 1.54) is 16.7 Å². The first kappa shape index (κ1) is 21.6. The van der Waals surface area contributed by atoms with Crippen molar-refractivity contribution in [3.63, 3.8) is 0 Å². The van der Waals surface area contributed by atoms with E-state index < -0.39 is 0 Å². The van der Waals surface area contributed by atoms with Gasteiger partial charge in [0.2, 0.25) is 5.91 Å². The predicted molar refractivity (Wildman–Crippen MR) is 134 cm³/mol. The molecule has 1 amide bonds. The zero-order chi connectivity index (χ0) is 23.7. The summed E-state index contributed by atoms with van der Waals surface area (Å²) < 4.78 is 3.48. The molecule has 5 aromatic rings. The van der Waals surface area contributed by atoms with Gasteiger partial charge in [0.15, 0.2) is 5.65 Å². The first-order chi connectivity index (χ1) is 16.5. The van der Waals surface area contributed by atoms with Crippen molar-refractivity contribution < 1.29 is 4.79 Å². The van der Waals surface area contributed by atoms with E-state index in [1.54, 1.807) is 17.1 Å². The van der Waals surface area contributed by atoms with Crippen LogP contribution >= 0.6 is 0 Å². The van der Waals surface area contributed by atoms with Gasteiger partial charge in [-0.25, -0.2) is 9.67 Å². The van der Waals surface area contributed by atoms with Crippen molar-refractivity contribution in [2.45, 2.75) is 33.9 Å². The SMILES string of the molecule is Cc1ccc(-c2ccnc3c2c(C)nn3CC(=O)Nc2cnn(Cc3ccccc3C)c2)cc1. The molecule has 0 aliphatic heterocycles. The molecular formula is C27H26N6O. The Morgan fingerprint density at radius 3 is 2.59 bits per heavy atom. The van der Waals surface area contributed by atoms with Crippen LogP contribution in [0.3, 0.4) is 0 Å². The van der Waals surface area contributed by atoms with Crippen LogP contribution < -0.4 is 5.32 Å². The van der Waals surface area contributed by atoms with Crippen LogP contribution in [0.25, 0.3) is 22.2 Å². The quantitative estimate of drug-likeness (QED) is 0.399. The minimum atomic E-state index is -0.178. The molecule has 1 N–H and O–H groups in total. The maximum absolute atomic E-state index is 12.8. The standard InChI is InChI=1S/C27H26N6O/c1-18-8-10-21(11-9-18)24-12-13-28-27-26(24)20(3)31-33(27)17-25(34)30-23-14-29-32(16-23)15-22-7-5-4-6-19(22)2/h4-14,16H,15,17H2,1-3H3,(H,30,34). The first-order valence-electron chi connectivity index (χ1n) is 11.2. The molecular weight excluding hydrogens is 424 g/mol. The Morgan fingerprint density at radius 1 is 1.00 bits per heavy atom. The Labute approximate surface area is 198 Å². The summed E-state index contributed by atoms with van der Waals surface area (Å²) >= 11 is 0. The molecule has 0 fully saturated rings. The number of benzene rings is 2. The topological polar surface area (TPSA) is 77.6 Å². The van der Waals surface area contributed by atoms with E-state index in [-0.39, 0.29) is 12.5 Å². The highest BCUT2D eigenvalue weighted by Gasteiger charge is 2.16. The number of aromatic nitrogens is 5. The van der Waals surface area contributed by atoms with Crippen LogP contribution in [0.15, 0.2) is 73.2 Å². The number of fused-ring (bicyclic) bond motifs is 1. The smallest absolute Gasteiger partial charge is 0.246 e. The summed E-state index contributed by atoms with van der Waals surface area (Å²) in [7, 11) is 0. The minimum absolute atomic E-state index is 0.0671.